The Balaban J connectivity index is 1.71. The second-order valence-corrected chi connectivity index (χ2v) is 8.80. The fourth-order valence-electron chi connectivity index (χ4n) is 3.63. The van der Waals surface area contributed by atoms with Crippen molar-refractivity contribution in [3.63, 3.8) is 0 Å². The van der Waals surface area contributed by atoms with Crippen molar-refractivity contribution < 1.29 is 22.7 Å². The topological polar surface area (TPSA) is 84.9 Å². The highest BCUT2D eigenvalue weighted by Crippen LogP contribution is 2.22. The molecule has 0 spiro atoms. The Morgan fingerprint density at radius 2 is 1.96 bits per heavy atom. The van der Waals surface area contributed by atoms with Gasteiger partial charge >= 0.3 is 0 Å². The molecular weight excluding hydrogens is 356 g/mol. The molecule has 0 aromatic heterocycles. The van der Waals surface area contributed by atoms with Crippen LogP contribution in [0.3, 0.4) is 0 Å². The number of hydrogen-bond acceptors (Lipinski definition) is 6. The van der Waals surface area contributed by atoms with Gasteiger partial charge in [-0.25, -0.2) is 8.42 Å². The number of rotatable bonds is 6. The third kappa shape index (κ3) is 4.62. The number of carbonyl (C=O) groups is 1. The third-order valence-corrected chi connectivity index (χ3v) is 6.18. The Morgan fingerprint density at radius 3 is 2.62 bits per heavy atom. The van der Waals surface area contributed by atoms with E-state index in [1.54, 1.807) is 18.2 Å². The predicted molar refractivity (Wildman–Crippen MR) is 97.0 cm³/mol. The van der Waals surface area contributed by atoms with E-state index in [1.165, 1.54) is 6.07 Å². The molecule has 2 atom stereocenters. The molecule has 26 heavy (non-hydrogen) atoms. The van der Waals surface area contributed by atoms with Gasteiger partial charge in [0.2, 0.25) is 0 Å². The average Bonchev–Trinajstić information content (AvgIpc) is 3.16. The van der Waals surface area contributed by atoms with E-state index >= 15 is 0 Å². The molecule has 2 fully saturated rings. The molecule has 2 saturated heterocycles. The molecule has 144 valence electrons. The van der Waals surface area contributed by atoms with E-state index in [-0.39, 0.29) is 22.4 Å². The molecular formula is C18H26N2O5S. The molecule has 8 heteroatoms. The monoisotopic (exact) mass is 382 g/mol. The number of nitrogens with one attached hydrogen (secondary N) is 1. The van der Waals surface area contributed by atoms with E-state index < -0.39 is 9.84 Å². The average molecular weight is 382 g/mol. The van der Waals surface area contributed by atoms with Crippen molar-refractivity contribution >= 4 is 15.7 Å². The van der Waals surface area contributed by atoms with Gasteiger partial charge in [-0.05, 0) is 18.6 Å². The lowest BCUT2D eigenvalue weighted by atomic mass is 9.96. The van der Waals surface area contributed by atoms with Crippen LogP contribution in [0.25, 0.3) is 0 Å². The van der Waals surface area contributed by atoms with Gasteiger partial charge in [0.1, 0.15) is 0 Å². The Kier molecular flexibility index (Phi) is 6.29. The molecule has 3 rings (SSSR count). The van der Waals surface area contributed by atoms with Crippen LogP contribution in [0.15, 0.2) is 29.2 Å². The lowest BCUT2D eigenvalue weighted by Gasteiger charge is -2.37. The number of ether oxygens (including phenoxy) is 2. The molecule has 0 aliphatic carbocycles. The third-order valence-electron chi connectivity index (χ3n) is 5.03. The molecule has 1 amide bonds. The van der Waals surface area contributed by atoms with Gasteiger partial charge in [-0.15, -0.1) is 0 Å². The minimum atomic E-state index is -3.46. The van der Waals surface area contributed by atoms with E-state index in [0.29, 0.717) is 32.3 Å². The maximum Gasteiger partial charge on any atom is 0.252 e. The first-order valence-corrected chi connectivity index (χ1v) is 10.8. The summed E-state index contributed by atoms with van der Waals surface area (Å²) in [5.74, 6) is 0.00162. The highest BCUT2D eigenvalue weighted by atomic mass is 32.2. The van der Waals surface area contributed by atoms with Crippen molar-refractivity contribution in [2.45, 2.75) is 17.4 Å². The van der Waals surface area contributed by atoms with E-state index in [1.807, 2.05) is 0 Å². The summed E-state index contributed by atoms with van der Waals surface area (Å²) in [5.41, 5.74) is 0.193. The number of nitrogens with zero attached hydrogens (tertiary/aromatic N) is 1. The second kappa shape index (κ2) is 8.47. The van der Waals surface area contributed by atoms with E-state index in [9.17, 15) is 13.2 Å². The van der Waals surface area contributed by atoms with Gasteiger partial charge in [-0.3, -0.25) is 9.69 Å². The largest absolute Gasteiger partial charge is 0.381 e. The van der Waals surface area contributed by atoms with Crippen LogP contribution in [-0.2, 0) is 19.3 Å². The van der Waals surface area contributed by atoms with Crippen LogP contribution in [0, 0.1) is 5.92 Å². The van der Waals surface area contributed by atoms with Gasteiger partial charge < -0.3 is 14.8 Å². The van der Waals surface area contributed by atoms with Gasteiger partial charge in [0, 0.05) is 44.5 Å². The van der Waals surface area contributed by atoms with E-state index in [4.69, 9.17) is 9.47 Å². The number of carbonyl (C=O) groups excluding carboxylic acids is 1. The molecule has 0 saturated carbocycles. The summed E-state index contributed by atoms with van der Waals surface area (Å²) in [5, 5.41) is 2.94. The first-order valence-electron chi connectivity index (χ1n) is 8.93. The molecule has 2 aliphatic rings. The fraction of sp³-hybridized carbons (Fsp3) is 0.611. The summed E-state index contributed by atoms with van der Waals surface area (Å²) in [7, 11) is -3.46. The Hall–Kier alpha value is -1.48. The normalized spacial score (nSPS) is 22.9. The molecule has 7 nitrogen and oxygen atoms in total. The van der Waals surface area contributed by atoms with Crippen molar-refractivity contribution in [1.29, 1.82) is 0 Å². The maximum absolute atomic E-state index is 12.7. The lowest BCUT2D eigenvalue weighted by Crippen LogP contribution is -2.52. The molecule has 2 unspecified atom stereocenters. The van der Waals surface area contributed by atoms with Crippen LogP contribution in [0.1, 0.15) is 16.8 Å². The number of hydrogen-bond donors (Lipinski definition) is 1. The van der Waals surface area contributed by atoms with Crippen molar-refractivity contribution in [2.24, 2.45) is 5.92 Å². The lowest BCUT2D eigenvalue weighted by molar-refractivity contribution is 0.00165. The van der Waals surface area contributed by atoms with Gasteiger partial charge in [0.05, 0.1) is 30.3 Å². The zero-order valence-corrected chi connectivity index (χ0v) is 15.8. The number of sulfone groups is 1. The second-order valence-electron chi connectivity index (χ2n) is 6.82. The van der Waals surface area contributed by atoms with Crippen molar-refractivity contribution in [2.75, 3.05) is 52.3 Å². The number of morpholine rings is 1. The number of amides is 1. The zero-order valence-electron chi connectivity index (χ0n) is 15.0. The van der Waals surface area contributed by atoms with Gasteiger partial charge in [-0.2, -0.15) is 0 Å². The van der Waals surface area contributed by atoms with E-state index in [2.05, 4.69) is 10.2 Å². The molecule has 1 N–H and O–H groups in total. The number of benzene rings is 1. The van der Waals surface area contributed by atoms with Crippen molar-refractivity contribution in [3.8, 4) is 0 Å². The Bertz CT molecular complexity index is 725. The summed E-state index contributed by atoms with van der Waals surface area (Å²) in [6, 6.07) is 6.48. The van der Waals surface area contributed by atoms with Crippen LogP contribution in [0.5, 0.6) is 0 Å². The SMILES string of the molecule is CS(=O)(=O)c1ccccc1C(=O)NCC(C1CCOC1)N1CCOCC1. The summed E-state index contributed by atoms with van der Waals surface area (Å²) < 4.78 is 34.8. The molecule has 1 aromatic carbocycles. The first-order chi connectivity index (χ1) is 12.5. The quantitative estimate of drug-likeness (QED) is 0.774. The fourth-order valence-corrected chi connectivity index (χ4v) is 4.52. The van der Waals surface area contributed by atoms with Crippen molar-refractivity contribution in [3.05, 3.63) is 29.8 Å². The highest BCUT2D eigenvalue weighted by molar-refractivity contribution is 7.90. The Labute approximate surface area is 154 Å². The zero-order chi connectivity index (χ0) is 18.6. The molecule has 2 heterocycles. The smallest absolute Gasteiger partial charge is 0.252 e. The molecule has 2 aliphatic heterocycles. The Morgan fingerprint density at radius 1 is 1.23 bits per heavy atom. The summed E-state index contributed by atoms with van der Waals surface area (Å²) >= 11 is 0. The summed E-state index contributed by atoms with van der Waals surface area (Å²) in [4.78, 5) is 15.1. The first kappa shape index (κ1) is 19.3. The highest BCUT2D eigenvalue weighted by Gasteiger charge is 2.32. The summed E-state index contributed by atoms with van der Waals surface area (Å²) in [6.45, 7) is 4.94. The van der Waals surface area contributed by atoms with Crippen LogP contribution < -0.4 is 5.32 Å². The van der Waals surface area contributed by atoms with Crippen molar-refractivity contribution in [1.82, 2.24) is 10.2 Å². The van der Waals surface area contributed by atoms with Crippen LogP contribution >= 0.6 is 0 Å². The van der Waals surface area contributed by atoms with Gasteiger partial charge in [-0.1, -0.05) is 12.1 Å². The van der Waals surface area contributed by atoms with Crippen LogP contribution in [0.4, 0.5) is 0 Å². The predicted octanol–water partition coefficient (Wildman–Crippen LogP) is 0.557. The molecule has 1 aromatic rings. The van der Waals surface area contributed by atoms with Gasteiger partial charge in [0.15, 0.2) is 9.84 Å². The molecule has 0 bridgehead atoms. The minimum absolute atomic E-state index is 0.0598. The van der Waals surface area contributed by atoms with E-state index in [0.717, 1.165) is 32.4 Å². The van der Waals surface area contributed by atoms with Crippen LogP contribution in [-0.4, -0.2) is 77.6 Å². The molecule has 0 radical (unpaired) electrons. The summed E-state index contributed by atoms with van der Waals surface area (Å²) in [6.07, 6.45) is 2.09. The minimum Gasteiger partial charge on any atom is -0.381 e. The standard InChI is InChI=1S/C18H26N2O5S/c1-26(22,23)17-5-3-2-4-15(17)18(21)19-12-16(14-6-9-25-13-14)20-7-10-24-11-8-20/h2-5,14,16H,6-13H2,1H3,(H,19,21). The van der Waals surface area contributed by atoms with Crippen LogP contribution in [0.2, 0.25) is 0 Å². The van der Waals surface area contributed by atoms with Gasteiger partial charge in [0.25, 0.3) is 5.91 Å². The maximum atomic E-state index is 12.7.